The van der Waals surface area contributed by atoms with Gasteiger partial charge in [0.1, 0.15) is 0 Å². The van der Waals surface area contributed by atoms with Crippen molar-refractivity contribution in [2.45, 2.75) is 64.3 Å². The van der Waals surface area contributed by atoms with Crippen LogP contribution in [0.1, 0.15) is 58.3 Å². The van der Waals surface area contributed by atoms with Crippen molar-refractivity contribution in [2.24, 2.45) is 0 Å². The molecule has 1 unspecified atom stereocenters. The van der Waals surface area contributed by atoms with E-state index in [0.717, 1.165) is 12.8 Å². The van der Waals surface area contributed by atoms with Gasteiger partial charge in [-0.2, -0.15) is 0 Å². The largest absolute Gasteiger partial charge is 0.383 e. The Morgan fingerprint density at radius 1 is 1.17 bits per heavy atom. The first-order chi connectivity index (χ1) is 8.74. The fraction of sp³-hybridized carbons (Fsp3) is 0.929. The number of hydrogen-bond donors (Lipinski definition) is 1. The quantitative estimate of drug-likeness (QED) is 0.438. The van der Waals surface area contributed by atoms with Gasteiger partial charge < -0.3 is 10.1 Å². The van der Waals surface area contributed by atoms with E-state index < -0.39 is 0 Å². The summed E-state index contributed by atoms with van der Waals surface area (Å²) in [7, 11) is 1.61. The summed E-state index contributed by atoms with van der Waals surface area (Å²) in [4.78, 5) is 11.6. The van der Waals surface area contributed by atoms with Gasteiger partial charge in [0, 0.05) is 19.4 Å². The van der Waals surface area contributed by atoms with Gasteiger partial charge in [0.05, 0.1) is 12.6 Å². The lowest BCUT2D eigenvalue weighted by Gasteiger charge is -2.14. The van der Waals surface area contributed by atoms with Gasteiger partial charge in [-0.15, -0.1) is 11.6 Å². The van der Waals surface area contributed by atoms with Crippen molar-refractivity contribution in [3.05, 3.63) is 0 Å². The average molecular weight is 278 g/mol. The fourth-order valence-corrected chi connectivity index (χ4v) is 2.03. The molecule has 0 rings (SSSR count). The number of alkyl halides is 1. The summed E-state index contributed by atoms with van der Waals surface area (Å²) in [5.74, 6) is 0.489. The second-order valence-corrected chi connectivity index (χ2v) is 5.05. The Morgan fingerprint density at radius 2 is 1.78 bits per heavy atom. The molecular weight excluding hydrogens is 250 g/mol. The van der Waals surface area contributed by atoms with Crippen LogP contribution in [-0.2, 0) is 9.53 Å². The molecule has 18 heavy (non-hydrogen) atoms. The van der Waals surface area contributed by atoms with Crippen LogP contribution in [0, 0.1) is 0 Å². The van der Waals surface area contributed by atoms with Crippen molar-refractivity contribution in [3.8, 4) is 0 Å². The molecule has 0 aromatic rings. The minimum Gasteiger partial charge on any atom is -0.383 e. The van der Waals surface area contributed by atoms with Crippen molar-refractivity contribution in [2.75, 3.05) is 19.6 Å². The van der Waals surface area contributed by atoms with Crippen LogP contribution in [0.5, 0.6) is 0 Å². The number of unbranched alkanes of at least 4 members (excludes halogenated alkanes) is 6. The number of nitrogens with one attached hydrogen (secondary N) is 1. The van der Waals surface area contributed by atoms with Crippen LogP contribution in [0.4, 0.5) is 0 Å². The predicted molar refractivity (Wildman–Crippen MR) is 77.1 cm³/mol. The number of hydrogen-bond acceptors (Lipinski definition) is 2. The topological polar surface area (TPSA) is 38.3 Å². The van der Waals surface area contributed by atoms with Crippen molar-refractivity contribution < 1.29 is 9.53 Å². The van der Waals surface area contributed by atoms with Gasteiger partial charge in [-0.05, 0) is 6.42 Å². The molecule has 0 radical (unpaired) electrons. The maximum atomic E-state index is 11.6. The van der Waals surface area contributed by atoms with Gasteiger partial charge >= 0.3 is 0 Å². The van der Waals surface area contributed by atoms with E-state index in [1.807, 2.05) is 0 Å². The predicted octanol–water partition coefficient (Wildman–Crippen LogP) is 3.50. The third-order valence-corrected chi connectivity index (χ3v) is 3.30. The molecule has 0 aliphatic heterocycles. The molecule has 1 N–H and O–H groups in total. The van der Waals surface area contributed by atoms with E-state index in [9.17, 15) is 4.79 Å². The van der Waals surface area contributed by atoms with Crippen LogP contribution in [0.15, 0.2) is 0 Å². The lowest BCUT2D eigenvalue weighted by Crippen LogP contribution is -2.39. The smallest absolute Gasteiger partial charge is 0.220 e. The number of methoxy groups -OCH3 is 1. The number of amides is 1. The SMILES string of the molecule is CCCCCCCCCC(=O)NC(CCl)COC. The zero-order valence-electron chi connectivity index (χ0n) is 11.8. The summed E-state index contributed by atoms with van der Waals surface area (Å²) >= 11 is 5.73. The number of ether oxygens (including phenoxy) is 1. The summed E-state index contributed by atoms with van der Waals surface area (Å²) in [5.41, 5.74) is 0. The van der Waals surface area contributed by atoms with Gasteiger partial charge in [0.2, 0.25) is 5.91 Å². The van der Waals surface area contributed by atoms with E-state index in [1.165, 1.54) is 32.1 Å². The van der Waals surface area contributed by atoms with E-state index in [-0.39, 0.29) is 11.9 Å². The maximum Gasteiger partial charge on any atom is 0.220 e. The highest BCUT2D eigenvalue weighted by Crippen LogP contribution is 2.08. The zero-order valence-corrected chi connectivity index (χ0v) is 12.6. The van der Waals surface area contributed by atoms with Crippen LogP contribution in [0.25, 0.3) is 0 Å². The Labute approximate surface area is 117 Å². The lowest BCUT2D eigenvalue weighted by atomic mass is 10.1. The van der Waals surface area contributed by atoms with Crippen molar-refractivity contribution in [1.82, 2.24) is 5.32 Å². The molecule has 0 aromatic carbocycles. The highest BCUT2D eigenvalue weighted by molar-refractivity contribution is 6.18. The highest BCUT2D eigenvalue weighted by Gasteiger charge is 2.10. The van der Waals surface area contributed by atoms with Crippen LogP contribution in [-0.4, -0.2) is 31.5 Å². The van der Waals surface area contributed by atoms with Crippen molar-refractivity contribution >= 4 is 17.5 Å². The van der Waals surface area contributed by atoms with Crippen molar-refractivity contribution in [3.63, 3.8) is 0 Å². The second kappa shape index (κ2) is 13.2. The summed E-state index contributed by atoms with van der Waals surface area (Å²) in [6.45, 7) is 2.70. The Hall–Kier alpha value is -0.280. The van der Waals surface area contributed by atoms with Gasteiger partial charge in [0.25, 0.3) is 0 Å². The molecule has 0 bridgehead atoms. The zero-order chi connectivity index (χ0) is 13.6. The number of rotatable bonds is 12. The average Bonchev–Trinajstić information content (AvgIpc) is 2.37. The first-order valence-electron chi connectivity index (χ1n) is 7.08. The Kier molecular flexibility index (Phi) is 13.0. The molecule has 3 nitrogen and oxygen atoms in total. The summed E-state index contributed by atoms with van der Waals surface area (Å²) in [6, 6.07) is -0.0614. The number of carbonyl (C=O) groups is 1. The van der Waals surface area contributed by atoms with Crippen LogP contribution in [0.3, 0.4) is 0 Å². The van der Waals surface area contributed by atoms with E-state index in [0.29, 0.717) is 18.9 Å². The van der Waals surface area contributed by atoms with E-state index in [2.05, 4.69) is 12.2 Å². The molecule has 0 fully saturated rings. The monoisotopic (exact) mass is 277 g/mol. The number of carbonyl (C=O) groups excluding carboxylic acids is 1. The highest BCUT2D eigenvalue weighted by atomic mass is 35.5. The molecule has 0 aromatic heterocycles. The minimum absolute atomic E-state index is 0.0614. The van der Waals surface area contributed by atoms with Gasteiger partial charge in [-0.25, -0.2) is 0 Å². The standard InChI is InChI=1S/C14H28ClNO2/c1-3-4-5-6-7-8-9-10-14(17)16-13(11-15)12-18-2/h13H,3-12H2,1-2H3,(H,16,17). The Morgan fingerprint density at radius 3 is 2.33 bits per heavy atom. The fourth-order valence-electron chi connectivity index (χ4n) is 1.87. The molecule has 4 heteroatoms. The lowest BCUT2D eigenvalue weighted by molar-refractivity contribution is -0.122. The minimum atomic E-state index is -0.0614. The second-order valence-electron chi connectivity index (χ2n) is 4.75. The van der Waals surface area contributed by atoms with E-state index >= 15 is 0 Å². The molecule has 0 saturated carbocycles. The maximum absolute atomic E-state index is 11.6. The van der Waals surface area contributed by atoms with Crippen LogP contribution >= 0.6 is 11.6 Å². The molecule has 108 valence electrons. The third kappa shape index (κ3) is 10.8. The van der Waals surface area contributed by atoms with E-state index in [4.69, 9.17) is 16.3 Å². The molecule has 1 amide bonds. The normalized spacial score (nSPS) is 12.4. The molecular formula is C14H28ClNO2. The molecule has 0 heterocycles. The molecule has 0 aliphatic rings. The first-order valence-corrected chi connectivity index (χ1v) is 7.62. The van der Waals surface area contributed by atoms with Gasteiger partial charge in [-0.3, -0.25) is 4.79 Å². The molecule has 0 saturated heterocycles. The third-order valence-electron chi connectivity index (χ3n) is 2.93. The first kappa shape index (κ1) is 17.7. The van der Waals surface area contributed by atoms with Crippen LogP contribution in [0.2, 0.25) is 0 Å². The molecule has 0 spiro atoms. The summed E-state index contributed by atoms with van der Waals surface area (Å²) in [5, 5.41) is 2.88. The molecule has 0 aliphatic carbocycles. The number of halogens is 1. The molecule has 1 atom stereocenters. The van der Waals surface area contributed by atoms with Crippen molar-refractivity contribution in [1.29, 1.82) is 0 Å². The van der Waals surface area contributed by atoms with E-state index in [1.54, 1.807) is 7.11 Å². The van der Waals surface area contributed by atoms with Gasteiger partial charge in [-0.1, -0.05) is 45.4 Å². The summed E-state index contributed by atoms with van der Waals surface area (Å²) in [6.07, 6.45) is 9.19. The Bertz CT molecular complexity index is 200. The van der Waals surface area contributed by atoms with Crippen LogP contribution < -0.4 is 5.32 Å². The Balaban J connectivity index is 3.41. The van der Waals surface area contributed by atoms with Gasteiger partial charge in [0.15, 0.2) is 0 Å². The summed E-state index contributed by atoms with van der Waals surface area (Å²) < 4.78 is 4.98.